The van der Waals surface area contributed by atoms with E-state index >= 15 is 0 Å². The van der Waals surface area contributed by atoms with Gasteiger partial charge in [-0.2, -0.15) is 5.26 Å². The molecule has 19 heavy (non-hydrogen) atoms. The van der Waals surface area contributed by atoms with Crippen molar-refractivity contribution < 1.29 is 14.7 Å². The summed E-state index contributed by atoms with van der Waals surface area (Å²) in [6, 6.07) is 3.58. The van der Waals surface area contributed by atoms with Crippen LogP contribution in [0.3, 0.4) is 0 Å². The Bertz CT molecular complexity index is 521. The first-order valence-electron chi connectivity index (χ1n) is 5.69. The van der Waals surface area contributed by atoms with E-state index in [9.17, 15) is 9.59 Å². The van der Waals surface area contributed by atoms with Gasteiger partial charge in [-0.15, -0.1) is 11.3 Å². The van der Waals surface area contributed by atoms with Gasteiger partial charge in [0.15, 0.2) is 0 Å². The summed E-state index contributed by atoms with van der Waals surface area (Å²) >= 11 is 1.25. The van der Waals surface area contributed by atoms with Crippen molar-refractivity contribution in [1.29, 1.82) is 5.26 Å². The molecular formula is C12H15N3O3S. The van der Waals surface area contributed by atoms with Crippen molar-refractivity contribution in [3.63, 3.8) is 0 Å². The number of amides is 1. The van der Waals surface area contributed by atoms with Gasteiger partial charge in [0.25, 0.3) is 0 Å². The molecule has 1 rings (SSSR count). The summed E-state index contributed by atoms with van der Waals surface area (Å²) in [4.78, 5) is 22.7. The minimum Gasteiger partial charge on any atom is -0.480 e. The number of nitriles is 1. The first-order chi connectivity index (χ1) is 8.92. The Morgan fingerprint density at radius 3 is 2.79 bits per heavy atom. The zero-order chi connectivity index (χ0) is 14.5. The molecule has 0 aliphatic rings. The van der Waals surface area contributed by atoms with Crippen LogP contribution in [0.2, 0.25) is 0 Å². The molecule has 0 saturated heterocycles. The molecule has 1 atom stereocenters. The fraction of sp³-hybridized carbons (Fsp3) is 0.417. The monoisotopic (exact) mass is 281 g/mol. The minimum absolute atomic E-state index is 0.126. The highest BCUT2D eigenvalue weighted by Crippen LogP contribution is 2.21. The van der Waals surface area contributed by atoms with E-state index in [2.05, 4.69) is 10.6 Å². The highest BCUT2D eigenvalue weighted by atomic mass is 32.1. The average Bonchev–Trinajstić information content (AvgIpc) is 2.82. The van der Waals surface area contributed by atoms with Crippen molar-refractivity contribution in [3.8, 4) is 6.07 Å². The van der Waals surface area contributed by atoms with Crippen LogP contribution in [-0.4, -0.2) is 29.1 Å². The molecule has 6 nitrogen and oxygen atoms in total. The Hall–Kier alpha value is -1.91. The number of carbonyl (C=O) groups is 2. The number of rotatable bonds is 6. The van der Waals surface area contributed by atoms with E-state index in [-0.39, 0.29) is 12.5 Å². The lowest BCUT2D eigenvalue weighted by Crippen LogP contribution is -2.51. The summed E-state index contributed by atoms with van der Waals surface area (Å²) in [7, 11) is 0. The van der Waals surface area contributed by atoms with Gasteiger partial charge in [-0.1, -0.05) is 6.92 Å². The van der Waals surface area contributed by atoms with Gasteiger partial charge in [-0.25, -0.2) is 0 Å². The molecule has 1 aromatic heterocycles. The van der Waals surface area contributed by atoms with Crippen molar-refractivity contribution in [3.05, 3.63) is 17.0 Å². The van der Waals surface area contributed by atoms with E-state index in [1.165, 1.54) is 18.3 Å². The Morgan fingerprint density at radius 2 is 2.26 bits per heavy atom. The van der Waals surface area contributed by atoms with Crippen LogP contribution in [0, 0.1) is 11.3 Å². The van der Waals surface area contributed by atoms with E-state index in [1.54, 1.807) is 18.4 Å². The summed E-state index contributed by atoms with van der Waals surface area (Å²) in [6.07, 6.45) is 0.359. The molecule has 1 amide bonds. The van der Waals surface area contributed by atoms with Crippen LogP contribution >= 0.6 is 11.3 Å². The van der Waals surface area contributed by atoms with Crippen LogP contribution in [-0.2, 0) is 9.59 Å². The Labute approximate surface area is 115 Å². The predicted octanol–water partition coefficient (Wildman–Crippen LogP) is 1.40. The molecule has 0 spiro atoms. The molecule has 0 fully saturated rings. The van der Waals surface area contributed by atoms with E-state index in [0.717, 1.165) is 0 Å². The first-order valence-corrected chi connectivity index (χ1v) is 6.56. The van der Waals surface area contributed by atoms with Crippen molar-refractivity contribution >= 4 is 28.2 Å². The third-order valence-electron chi connectivity index (χ3n) is 2.86. The highest BCUT2D eigenvalue weighted by Gasteiger charge is 2.30. The molecule has 0 aromatic carbocycles. The summed E-state index contributed by atoms with van der Waals surface area (Å²) in [5.74, 6) is -1.38. The number of carbonyl (C=O) groups excluding carboxylic acids is 1. The predicted molar refractivity (Wildman–Crippen MR) is 72.0 cm³/mol. The third-order valence-corrected chi connectivity index (χ3v) is 3.69. The molecule has 0 radical (unpaired) electrons. The van der Waals surface area contributed by atoms with Gasteiger partial charge in [0.2, 0.25) is 5.91 Å². The maximum atomic E-state index is 11.7. The number of thiophene rings is 1. The molecule has 7 heteroatoms. The molecular weight excluding hydrogens is 266 g/mol. The summed E-state index contributed by atoms with van der Waals surface area (Å²) in [5, 5.41) is 25.3. The van der Waals surface area contributed by atoms with Crippen LogP contribution in [0.25, 0.3) is 0 Å². The Kier molecular flexibility index (Phi) is 5.03. The number of hydrogen-bond acceptors (Lipinski definition) is 5. The van der Waals surface area contributed by atoms with Crippen molar-refractivity contribution in [2.45, 2.75) is 25.8 Å². The molecule has 0 aliphatic carbocycles. The summed E-state index contributed by atoms with van der Waals surface area (Å²) in [5.41, 5.74) is -0.736. The molecule has 0 saturated carbocycles. The standard InChI is InChI=1S/C12H15N3O3S/c1-3-12(2,11(17)18)14-7-9(16)15-10-8(6-13)4-5-19-10/h4-5,14H,3,7H2,1-2H3,(H,15,16)(H,17,18). The zero-order valence-electron chi connectivity index (χ0n) is 10.7. The lowest BCUT2D eigenvalue weighted by atomic mass is 9.99. The van der Waals surface area contributed by atoms with Crippen molar-refractivity contribution in [2.75, 3.05) is 11.9 Å². The van der Waals surface area contributed by atoms with E-state index < -0.39 is 11.5 Å². The number of carboxylic acids is 1. The van der Waals surface area contributed by atoms with Gasteiger partial charge >= 0.3 is 5.97 Å². The van der Waals surface area contributed by atoms with Crippen molar-refractivity contribution in [1.82, 2.24) is 5.32 Å². The summed E-state index contributed by atoms with van der Waals surface area (Å²) < 4.78 is 0. The van der Waals surface area contributed by atoms with Gasteiger partial charge in [0.05, 0.1) is 12.1 Å². The fourth-order valence-electron chi connectivity index (χ4n) is 1.29. The Morgan fingerprint density at radius 1 is 1.58 bits per heavy atom. The van der Waals surface area contributed by atoms with Crippen LogP contribution in [0.4, 0.5) is 5.00 Å². The number of nitrogens with zero attached hydrogens (tertiary/aromatic N) is 1. The van der Waals surface area contributed by atoms with E-state index in [1.807, 2.05) is 6.07 Å². The second-order valence-electron chi connectivity index (χ2n) is 4.17. The molecule has 0 aliphatic heterocycles. The van der Waals surface area contributed by atoms with Crippen LogP contribution in [0.1, 0.15) is 25.8 Å². The lowest BCUT2D eigenvalue weighted by molar-refractivity contribution is -0.144. The topological polar surface area (TPSA) is 102 Å². The van der Waals surface area contributed by atoms with E-state index in [4.69, 9.17) is 10.4 Å². The van der Waals surface area contributed by atoms with Crippen LogP contribution < -0.4 is 10.6 Å². The number of anilines is 1. The largest absolute Gasteiger partial charge is 0.480 e. The van der Waals surface area contributed by atoms with Gasteiger partial charge in [-0.3, -0.25) is 14.9 Å². The SMILES string of the molecule is CCC(C)(NCC(=O)Nc1sccc1C#N)C(=O)O. The molecule has 1 heterocycles. The molecule has 1 unspecified atom stereocenters. The second-order valence-corrected chi connectivity index (χ2v) is 5.08. The quantitative estimate of drug-likeness (QED) is 0.731. The maximum Gasteiger partial charge on any atom is 0.323 e. The third kappa shape index (κ3) is 3.77. The maximum absolute atomic E-state index is 11.7. The molecule has 102 valence electrons. The number of nitrogens with one attached hydrogen (secondary N) is 2. The van der Waals surface area contributed by atoms with Gasteiger partial charge in [0.1, 0.15) is 16.6 Å². The zero-order valence-corrected chi connectivity index (χ0v) is 11.5. The summed E-state index contributed by atoms with van der Waals surface area (Å²) in [6.45, 7) is 3.12. The lowest BCUT2D eigenvalue weighted by Gasteiger charge is -2.24. The number of aliphatic carboxylic acids is 1. The van der Waals surface area contributed by atoms with Crippen molar-refractivity contribution in [2.24, 2.45) is 0 Å². The average molecular weight is 281 g/mol. The minimum atomic E-state index is -1.13. The smallest absolute Gasteiger partial charge is 0.323 e. The van der Waals surface area contributed by atoms with Gasteiger partial charge < -0.3 is 10.4 Å². The fourth-order valence-corrected chi connectivity index (χ4v) is 2.05. The normalized spacial score (nSPS) is 13.3. The first kappa shape index (κ1) is 15.1. The molecule has 0 bridgehead atoms. The van der Waals surface area contributed by atoms with Gasteiger partial charge in [0, 0.05) is 0 Å². The number of carboxylic acid groups (broad SMARTS) is 1. The number of hydrogen-bond donors (Lipinski definition) is 3. The Balaban J connectivity index is 2.58. The van der Waals surface area contributed by atoms with E-state index in [0.29, 0.717) is 17.0 Å². The highest BCUT2D eigenvalue weighted by molar-refractivity contribution is 7.14. The molecule has 3 N–H and O–H groups in total. The van der Waals surface area contributed by atoms with Gasteiger partial charge in [-0.05, 0) is 24.8 Å². The second kappa shape index (κ2) is 6.31. The molecule has 1 aromatic rings. The van der Waals surface area contributed by atoms with Crippen LogP contribution in [0.5, 0.6) is 0 Å². The van der Waals surface area contributed by atoms with Crippen LogP contribution in [0.15, 0.2) is 11.4 Å².